The van der Waals surface area contributed by atoms with Crippen molar-refractivity contribution in [1.29, 1.82) is 0 Å². The molecular weight excluding hydrogens is 358 g/mol. The van der Waals surface area contributed by atoms with Crippen LogP contribution < -0.4 is 10.5 Å². The Balaban J connectivity index is 2.12. The van der Waals surface area contributed by atoms with E-state index in [-0.39, 0.29) is 6.04 Å². The average molecular weight is 375 g/mol. The summed E-state index contributed by atoms with van der Waals surface area (Å²) in [5.74, 6) is 0.825. The van der Waals surface area contributed by atoms with Gasteiger partial charge in [-0.05, 0) is 53.0 Å². The van der Waals surface area contributed by atoms with Gasteiger partial charge in [-0.15, -0.1) is 11.3 Å². The quantitative estimate of drug-likeness (QED) is 0.770. The van der Waals surface area contributed by atoms with Crippen molar-refractivity contribution in [2.24, 2.45) is 5.73 Å². The van der Waals surface area contributed by atoms with Crippen LogP contribution in [0, 0.1) is 0 Å². The summed E-state index contributed by atoms with van der Waals surface area (Å²) in [7, 11) is 0. The Morgan fingerprint density at radius 2 is 2.15 bits per heavy atom. The molecule has 1 heterocycles. The molecule has 0 saturated heterocycles. The van der Waals surface area contributed by atoms with Crippen LogP contribution in [0.5, 0.6) is 5.75 Å². The van der Waals surface area contributed by atoms with Crippen LogP contribution in [0.1, 0.15) is 23.8 Å². The molecule has 5 heteroatoms. The van der Waals surface area contributed by atoms with Crippen LogP contribution in [0.2, 0.25) is 5.02 Å². The minimum atomic E-state index is 0.105. The molecule has 0 spiro atoms. The molecule has 2 nitrogen and oxygen atoms in total. The normalized spacial score (nSPS) is 12.4. The SMILES string of the molecule is CCC(N)Cc1c(Cl)cccc1OCc1ccc(Br)s1. The molecule has 2 N–H and O–H groups in total. The van der Waals surface area contributed by atoms with Crippen LogP contribution in [0.3, 0.4) is 0 Å². The standard InChI is InChI=1S/C15H17BrClNOS/c1-2-10(18)8-12-13(17)4-3-5-14(12)19-9-11-6-7-15(16)20-11/h3-7,10H,2,8-9,18H2,1H3. The summed E-state index contributed by atoms with van der Waals surface area (Å²) in [5, 5.41) is 0.721. The second-order valence-electron chi connectivity index (χ2n) is 4.58. The highest BCUT2D eigenvalue weighted by Crippen LogP contribution is 2.30. The zero-order valence-corrected chi connectivity index (χ0v) is 14.4. The minimum Gasteiger partial charge on any atom is -0.488 e. The van der Waals surface area contributed by atoms with Gasteiger partial charge in [-0.2, -0.15) is 0 Å². The molecule has 0 bridgehead atoms. The first-order valence-electron chi connectivity index (χ1n) is 6.50. The summed E-state index contributed by atoms with van der Waals surface area (Å²) in [6.07, 6.45) is 1.65. The molecule has 2 aromatic rings. The van der Waals surface area contributed by atoms with Crippen molar-refractivity contribution in [2.75, 3.05) is 0 Å². The van der Waals surface area contributed by atoms with E-state index in [0.717, 1.165) is 33.0 Å². The van der Waals surface area contributed by atoms with Crippen LogP contribution in [0.15, 0.2) is 34.1 Å². The van der Waals surface area contributed by atoms with Gasteiger partial charge in [-0.3, -0.25) is 0 Å². The maximum absolute atomic E-state index is 6.28. The van der Waals surface area contributed by atoms with E-state index in [4.69, 9.17) is 22.1 Å². The Morgan fingerprint density at radius 1 is 1.35 bits per heavy atom. The third-order valence-electron chi connectivity index (χ3n) is 3.07. The summed E-state index contributed by atoms with van der Waals surface area (Å²) in [6, 6.07) is 9.92. The van der Waals surface area contributed by atoms with Gasteiger partial charge in [0.1, 0.15) is 12.4 Å². The van der Waals surface area contributed by atoms with Crippen LogP contribution in [0.4, 0.5) is 0 Å². The van der Waals surface area contributed by atoms with Crippen molar-refractivity contribution in [1.82, 2.24) is 0 Å². The number of rotatable bonds is 6. The Morgan fingerprint density at radius 3 is 2.80 bits per heavy atom. The van der Waals surface area contributed by atoms with Gasteiger partial charge in [0.25, 0.3) is 0 Å². The van der Waals surface area contributed by atoms with Gasteiger partial charge in [0.15, 0.2) is 0 Å². The molecule has 20 heavy (non-hydrogen) atoms. The van der Waals surface area contributed by atoms with Gasteiger partial charge in [0.2, 0.25) is 0 Å². The predicted octanol–water partition coefficient (Wildman–Crippen LogP) is 5.02. The molecule has 0 amide bonds. The molecular formula is C15H17BrClNOS. The summed E-state index contributed by atoms with van der Waals surface area (Å²) in [5.41, 5.74) is 7.03. The number of ether oxygens (including phenoxy) is 1. The molecule has 0 saturated carbocycles. The van der Waals surface area contributed by atoms with E-state index >= 15 is 0 Å². The molecule has 0 aliphatic rings. The maximum Gasteiger partial charge on any atom is 0.124 e. The third kappa shape index (κ3) is 4.22. The van der Waals surface area contributed by atoms with Gasteiger partial charge in [0.05, 0.1) is 3.79 Å². The van der Waals surface area contributed by atoms with E-state index in [1.165, 1.54) is 4.88 Å². The van der Waals surface area contributed by atoms with Crippen molar-refractivity contribution >= 4 is 38.9 Å². The lowest BCUT2D eigenvalue weighted by molar-refractivity contribution is 0.305. The van der Waals surface area contributed by atoms with E-state index in [9.17, 15) is 0 Å². The van der Waals surface area contributed by atoms with Crippen molar-refractivity contribution < 1.29 is 4.74 Å². The molecule has 108 valence electrons. The first-order valence-corrected chi connectivity index (χ1v) is 8.49. The highest BCUT2D eigenvalue weighted by molar-refractivity contribution is 9.11. The molecule has 1 aromatic heterocycles. The van der Waals surface area contributed by atoms with Crippen LogP contribution in [-0.2, 0) is 13.0 Å². The number of benzene rings is 1. The lowest BCUT2D eigenvalue weighted by atomic mass is 10.0. The monoisotopic (exact) mass is 373 g/mol. The Hall–Kier alpha value is -0.550. The fourth-order valence-electron chi connectivity index (χ4n) is 1.86. The Labute approximate surface area is 137 Å². The van der Waals surface area contributed by atoms with E-state index in [0.29, 0.717) is 6.61 Å². The second-order valence-corrected chi connectivity index (χ2v) is 7.54. The maximum atomic E-state index is 6.28. The van der Waals surface area contributed by atoms with E-state index in [1.807, 2.05) is 24.3 Å². The highest BCUT2D eigenvalue weighted by Gasteiger charge is 2.12. The molecule has 0 aliphatic heterocycles. The Kier molecular flexibility index (Phi) is 5.90. The fraction of sp³-hybridized carbons (Fsp3) is 0.333. The molecule has 0 fully saturated rings. The molecule has 0 aliphatic carbocycles. The minimum absolute atomic E-state index is 0.105. The van der Waals surface area contributed by atoms with Gasteiger partial charge in [-0.25, -0.2) is 0 Å². The molecule has 1 aromatic carbocycles. The van der Waals surface area contributed by atoms with Crippen molar-refractivity contribution in [3.63, 3.8) is 0 Å². The van der Waals surface area contributed by atoms with Gasteiger partial charge in [0, 0.05) is 21.5 Å². The first kappa shape index (κ1) is 15.8. The molecule has 0 radical (unpaired) electrons. The second kappa shape index (κ2) is 7.46. The topological polar surface area (TPSA) is 35.2 Å². The lowest BCUT2D eigenvalue weighted by Crippen LogP contribution is -2.22. The van der Waals surface area contributed by atoms with E-state index in [2.05, 4.69) is 28.9 Å². The smallest absolute Gasteiger partial charge is 0.124 e. The zero-order valence-electron chi connectivity index (χ0n) is 11.2. The van der Waals surface area contributed by atoms with Crippen molar-refractivity contribution in [2.45, 2.75) is 32.4 Å². The van der Waals surface area contributed by atoms with Crippen LogP contribution >= 0.6 is 38.9 Å². The number of hydrogen-bond donors (Lipinski definition) is 1. The third-order valence-corrected chi connectivity index (χ3v) is 5.02. The highest BCUT2D eigenvalue weighted by atomic mass is 79.9. The van der Waals surface area contributed by atoms with Crippen molar-refractivity contribution in [3.05, 3.63) is 49.6 Å². The zero-order chi connectivity index (χ0) is 14.5. The first-order chi connectivity index (χ1) is 9.60. The van der Waals surface area contributed by atoms with Crippen molar-refractivity contribution in [3.8, 4) is 5.75 Å². The predicted molar refractivity (Wildman–Crippen MR) is 89.8 cm³/mol. The largest absolute Gasteiger partial charge is 0.488 e. The fourth-order valence-corrected chi connectivity index (χ4v) is 3.50. The number of thiophene rings is 1. The summed E-state index contributed by atoms with van der Waals surface area (Å²) in [6.45, 7) is 2.62. The summed E-state index contributed by atoms with van der Waals surface area (Å²) in [4.78, 5) is 1.17. The summed E-state index contributed by atoms with van der Waals surface area (Å²) < 4.78 is 7.02. The number of nitrogens with two attached hydrogens (primary N) is 1. The molecule has 1 atom stereocenters. The number of hydrogen-bond acceptors (Lipinski definition) is 3. The summed E-state index contributed by atoms with van der Waals surface area (Å²) >= 11 is 11.4. The molecule has 2 rings (SSSR count). The van der Waals surface area contributed by atoms with Gasteiger partial charge < -0.3 is 10.5 Å². The lowest BCUT2D eigenvalue weighted by Gasteiger charge is -2.15. The number of halogens is 2. The van der Waals surface area contributed by atoms with Gasteiger partial charge in [-0.1, -0.05) is 24.6 Å². The van der Waals surface area contributed by atoms with Crippen LogP contribution in [0.25, 0.3) is 0 Å². The Bertz CT molecular complexity index is 573. The van der Waals surface area contributed by atoms with Gasteiger partial charge >= 0.3 is 0 Å². The average Bonchev–Trinajstić information content (AvgIpc) is 2.85. The molecule has 1 unspecified atom stereocenters. The van der Waals surface area contributed by atoms with E-state index in [1.54, 1.807) is 11.3 Å². The van der Waals surface area contributed by atoms with Crippen LogP contribution in [-0.4, -0.2) is 6.04 Å². The van der Waals surface area contributed by atoms with E-state index < -0.39 is 0 Å².